The van der Waals surface area contributed by atoms with Gasteiger partial charge in [-0.2, -0.15) is 0 Å². The van der Waals surface area contributed by atoms with Crippen molar-refractivity contribution in [3.63, 3.8) is 0 Å². The number of nitrogens with one attached hydrogen (secondary N) is 2. The minimum Gasteiger partial charge on any atom is -0.311 e. The van der Waals surface area contributed by atoms with Gasteiger partial charge in [0.05, 0.1) is 41.3 Å². The molecule has 0 aliphatic carbocycles. The molecule has 6 heteroatoms. The second-order valence-electron chi connectivity index (χ2n) is 8.71. The molecule has 0 saturated heterocycles. The zero-order valence-electron chi connectivity index (χ0n) is 19.1. The highest BCUT2D eigenvalue weighted by molar-refractivity contribution is 5.77. The second kappa shape index (κ2) is 14.4. The number of rotatable bonds is 15. The first kappa shape index (κ1) is 26.3. The molecule has 0 spiro atoms. The number of unbranched alkanes of at least 4 members (excludes halogenated alkanes) is 1. The molecule has 0 fully saturated rings. The van der Waals surface area contributed by atoms with E-state index in [9.17, 15) is 9.59 Å². The molecule has 0 aromatic rings. The van der Waals surface area contributed by atoms with E-state index >= 15 is 0 Å². The molecule has 0 aliphatic rings. The zero-order valence-corrected chi connectivity index (χ0v) is 19.1. The Labute approximate surface area is 172 Å². The van der Waals surface area contributed by atoms with Gasteiger partial charge in [0.1, 0.15) is 0 Å². The van der Waals surface area contributed by atoms with E-state index in [1.54, 1.807) is 0 Å². The molecule has 0 saturated carbocycles. The van der Waals surface area contributed by atoms with Gasteiger partial charge in [-0.15, -0.1) is 0 Å². The van der Waals surface area contributed by atoms with E-state index in [1.165, 1.54) is 0 Å². The number of hydrogen-bond donors (Lipinski definition) is 2. The summed E-state index contributed by atoms with van der Waals surface area (Å²) in [6.45, 7) is 7.45. The summed E-state index contributed by atoms with van der Waals surface area (Å²) in [5.74, 6) is 0.163. The standard InChI is InChI=1S/C22H42N4O2/c1-7-9-11-15-21(27)23-19-25(3,4)17-13-14-18-26(5,6)20-24-22(28)16-12-10-8-2/h9-12H,7-8,13-20H2,1-6H3/p+2/b11-9-,12-10-. The van der Waals surface area contributed by atoms with Gasteiger partial charge in [0.15, 0.2) is 13.3 Å². The van der Waals surface area contributed by atoms with Crippen molar-refractivity contribution in [2.75, 3.05) is 54.6 Å². The highest BCUT2D eigenvalue weighted by Crippen LogP contribution is 2.05. The van der Waals surface area contributed by atoms with Crippen LogP contribution in [-0.2, 0) is 9.59 Å². The molecule has 0 radical (unpaired) electrons. The number of hydrogen-bond acceptors (Lipinski definition) is 2. The van der Waals surface area contributed by atoms with Gasteiger partial charge < -0.3 is 19.6 Å². The van der Waals surface area contributed by atoms with Gasteiger partial charge in [-0.3, -0.25) is 9.59 Å². The third kappa shape index (κ3) is 15.4. The van der Waals surface area contributed by atoms with Crippen molar-refractivity contribution in [2.24, 2.45) is 0 Å². The van der Waals surface area contributed by atoms with Crippen LogP contribution >= 0.6 is 0 Å². The third-order valence-electron chi connectivity index (χ3n) is 4.60. The molecule has 0 aromatic carbocycles. The molecule has 6 nitrogen and oxygen atoms in total. The first-order chi connectivity index (χ1) is 13.1. The number of carbonyl (C=O) groups excluding carboxylic acids is 2. The molecular formula is C22H44N4O2+2. The van der Waals surface area contributed by atoms with Crippen LogP contribution in [0.1, 0.15) is 52.4 Å². The van der Waals surface area contributed by atoms with Gasteiger partial charge in [-0.1, -0.05) is 38.2 Å². The highest BCUT2D eigenvalue weighted by Gasteiger charge is 2.19. The maximum Gasteiger partial charge on any atom is 0.228 e. The monoisotopic (exact) mass is 396 g/mol. The first-order valence-corrected chi connectivity index (χ1v) is 10.6. The Morgan fingerprint density at radius 2 is 1.04 bits per heavy atom. The summed E-state index contributed by atoms with van der Waals surface area (Å²) in [4.78, 5) is 23.6. The van der Waals surface area contributed by atoms with E-state index < -0.39 is 0 Å². The average molecular weight is 397 g/mol. The predicted molar refractivity (Wildman–Crippen MR) is 117 cm³/mol. The van der Waals surface area contributed by atoms with Gasteiger partial charge in [-0.25, -0.2) is 0 Å². The third-order valence-corrected chi connectivity index (χ3v) is 4.60. The van der Waals surface area contributed by atoms with E-state index in [4.69, 9.17) is 0 Å². The maximum absolute atomic E-state index is 11.8. The van der Waals surface area contributed by atoms with E-state index in [0.717, 1.165) is 47.7 Å². The quantitative estimate of drug-likeness (QED) is 0.194. The predicted octanol–water partition coefficient (Wildman–Crippen LogP) is 2.78. The van der Waals surface area contributed by atoms with Crippen LogP contribution in [0.25, 0.3) is 0 Å². The lowest BCUT2D eigenvalue weighted by molar-refractivity contribution is -0.898. The number of amides is 2. The molecule has 2 N–H and O–H groups in total. The minimum absolute atomic E-state index is 0.0817. The number of allylic oxidation sites excluding steroid dienone is 2. The van der Waals surface area contributed by atoms with Gasteiger partial charge in [0.25, 0.3) is 0 Å². The Balaban J connectivity index is 4.03. The Kier molecular flexibility index (Phi) is 13.5. The SMILES string of the molecule is CC/C=C\CC(=O)NC[N+](C)(C)CCCC[N+](C)(C)CNC(=O)C/C=C\CC. The van der Waals surface area contributed by atoms with Crippen LogP contribution in [0.4, 0.5) is 0 Å². The summed E-state index contributed by atoms with van der Waals surface area (Å²) in [5.41, 5.74) is 0. The fraction of sp³-hybridized carbons (Fsp3) is 0.727. The van der Waals surface area contributed by atoms with E-state index in [2.05, 4.69) is 52.7 Å². The molecule has 162 valence electrons. The molecule has 2 amide bonds. The molecular weight excluding hydrogens is 352 g/mol. The Hall–Kier alpha value is -1.66. The fourth-order valence-electron chi connectivity index (χ4n) is 2.70. The molecule has 0 atom stereocenters. The van der Waals surface area contributed by atoms with Crippen molar-refractivity contribution in [1.82, 2.24) is 10.6 Å². The van der Waals surface area contributed by atoms with Crippen LogP contribution in [0.3, 0.4) is 0 Å². The van der Waals surface area contributed by atoms with Crippen molar-refractivity contribution in [3.8, 4) is 0 Å². The van der Waals surface area contributed by atoms with Crippen LogP contribution in [0, 0.1) is 0 Å². The minimum atomic E-state index is 0.0817. The first-order valence-electron chi connectivity index (χ1n) is 10.6. The Bertz CT molecular complexity index is 465. The largest absolute Gasteiger partial charge is 0.311 e. The van der Waals surface area contributed by atoms with E-state index in [-0.39, 0.29) is 11.8 Å². The molecule has 28 heavy (non-hydrogen) atoms. The number of carbonyl (C=O) groups is 2. The summed E-state index contributed by atoms with van der Waals surface area (Å²) in [6.07, 6.45) is 12.9. The normalized spacial score (nSPS) is 12.6. The van der Waals surface area contributed by atoms with Crippen LogP contribution in [-0.4, -0.2) is 75.4 Å². The highest BCUT2D eigenvalue weighted by atomic mass is 16.2. The van der Waals surface area contributed by atoms with Crippen molar-refractivity contribution >= 4 is 11.8 Å². The van der Waals surface area contributed by atoms with E-state index in [1.807, 2.05) is 24.3 Å². The van der Waals surface area contributed by atoms with Crippen molar-refractivity contribution in [2.45, 2.75) is 52.4 Å². The van der Waals surface area contributed by atoms with Gasteiger partial charge >= 0.3 is 0 Å². The summed E-state index contributed by atoms with van der Waals surface area (Å²) in [6, 6.07) is 0. The fourth-order valence-corrected chi connectivity index (χ4v) is 2.70. The summed E-state index contributed by atoms with van der Waals surface area (Å²) in [5, 5.41) is 6.04. The lowest BCUT2D eigenvalue weighted by Crippen LogP contribution is -2.50. The molecule has 0 unspecified atom stereocenters. The van der Waals surface area contributed by atoms with Gasteiger partial charge in [-0.05, 0) is 12.8 Å². The van der Waals surface area contributed by atoms with Crippen LogP contribution in [0.15, 0.2) is 24.3 Å². The topological polar surface area (TPSA) is 58.2 Å². The summed E-state index contributed by atoms with van der Waals surface area (Å²) >= 11 is 0. The zero-order chi connectivity index (χ0) is 21.5. The Morgan fingerprint density at radius 1 is 0.679 bits per heavy atom. The molecule has 0 aliphatic heterocycles. The number of nitrogens with zero attached hydrogens (tertiary/aromatic N) is 2. The van der Waals surface area contributed by atoms with E-state index in [0.29, 0.717) is 26.2 Å². The lowest BCUT2D eigenvalue weighted by Gasteiger charge is -2.32. The Morgan fingerprint density at radius 3 is 1.36 bits per heavy atom. The van der Waals surface area contributed by atoms with Gasteiger partial charge in [0.2, 0.25) is 11.8 Å². The van der Waals surface area contributed by atoms with Crippen molar-refractivity contribution in [3.05, 3.63) is 24.3 Å². The van der Waals surface area contributed by atoms with Crippen molar-refractivity contribution < 1.29 is 18.6 Å². The van der Waals surface area contributed by atoms with Crippen LogP contribution < -0.4 is 10.6 Å². The average Bonchev–Trinajstić information content (AvgIpc) is 2.63. The number of quaternary nitrogens is 2. The van der Waals surface area contributed by atoms with Crippen LogP contribution in [0.5, 0.6) is 0 Å². The maximum atomic E-state index is 11.8. The molecule has 0 bridgehead atoms. The summed E-state index contributed by atoms with van der Waals surface area (Å²) in [7, 11) is 8.58. The molecule has 0 aromatic heterocycles. The smallest absolute Gasteiger partial charge is 0.228 e. The lowest BCUT2D eigenvalue weighted by atomic mass is 10.2. The second-order valence-corrected chi connectivity index (χ2v) is 8.71. The van der Waals surface area contributed by atoms with Crippen molar-refractivity contribution in [1.29, 1.82) is 0 Å². The van der Waals surface area contributed by atoms with Gasteiger partial charge in [0, 0.05) is 25.7 Å². The summed E-state index contributed by atoms with van der Waals surface area (Å²) < 4.78 is 1.55. The molecule has 0 heterocycles. The van der Waals surface area contributed by atoms with Crippen LogP contribution in [0.2, 0.25) is 0 Å². The molecule has 0 rings (SSSR count).